The van der Waals surface area contributed by atoms with Crippen LogP contribution in [0.15, 0.2) is 24.3 Å². The maximum atomic E-state index is 11.2. The van der Waals surface area contributed by atoms with E-state index in [0.29, 0.717) is 18.8 Å². The van der Waals surface area contributed by atoms with Gasteiger partial charge in [-0.1, -0.05) is 12.1 Å². The lowest BCUT2D eigenvalue weighted by Gasteiger charge is -2.11. The highest BCUT2D eigenvalue weighted by Crippen LogP contribution is 2.20. The summed E-state index contributed by atoms with van der Waals surface area (Å²) in [4.78, 5) is 11.2. The molecule has 0 aromatic heterocycles. The number of hydrogen-bond acceptors (Lipinski definition) is 4. The van der Waals surface area contributed by atoms with Crippen molar-refractivity contribution in [3.05, 3.63) is 29.8 Å². The molecule has 2 rings (SSSR count). The van der Waals surface area contributed by atoms with Crippen LogP contribution in [0, 0.1) is 0 Å². The summed E-state index contributed by atoms with van der Waals surface area (Å²) in [6, 6.07) is 7.04. The molecule has 1 aromatic carbocycles. The fourth-order valence-electron chi connectivity index (χ4n) is 1.57. The highest BCUT2D eigenvalue weighted by Gasteiger charge is 2.28. The molecule has 0 amide bonds. The molecule has 1 unspecified atom stereocenters. The first-order valence-corrected chi connectivity index (χ1v) is 5.28. The first kappa shape index (κ1) is 11.0. The molecule has 1 fully saturated rings. The van der Waals surface area contributed by atoms with Gasteiger partial charge in [-0.25, -0.2) is 4.79 Å². The molecule has 0 aliphatic carbocycles. The quantitative estimate of drug-likeness (QED) is 0.786. The number of aliphatic hydroxyl groups excluding tert-OH is 1. The van der Waals surface area contributed by atoms with Crippen molar-refractivity contribution in [2.75, 3.05) is 6.61 Å². The van der Waals surface area contributed by atoms with E-state index in [1.54, 1.807) is 31.2 Å². The van der Waals surface area contributed by atoms with Crippen molar-refractivity contribution in [3.63, 3.8) is 0 Å². The van der Waals surface area contributed by atoms with E-state index in [4.69, 9.17) is 9.47 Å². The second-order valence-electron chi connectivity index (χ2n) is 3.81. The molecule has 1 saturated heterocycles. The first-order chi connectivity index (χ1) is 7.66. The first-order valence-electron chi connectivity index (χ1n) is 5.28. The van der Waals surface area contributed by atoms with Gasteiger partial charge in [-0.3, -0.25) is 0 Å². The Labute approximate surface area is 93.8 Å². The summed E-state index contributed by atoms with van der Waals surface area (Å²) in [7, 11) is 0. The predicted octanol–water partition coefficient (Wildman–Crippen LogP) is 1.43. The topological polar surface area (TPSA) is 55.8 Å². The fraction of sp³-hybridized carbons (Fsp3) is 0.417. The van der Waals surface area contributed by atoms with Gasteiger partial charge in [-0.2, -0.15) is 0 Å². The van der Waals surface area contributed by atoms with Gasteiger partial charge in [0.15, 0.2) is 6.10 Å². The number of aliphatic hydroxyl groups is 1. The molecule has 4 heteroatoms. The van der Waals surface area contributed by atoms with E-state index in [9.17, 15) is 9.90 Å². The highest BCUT2D eigenvalue weighted by molar-refractivity contribution is 5.76. The minimum atomic E-state index is -0.495. The third-order valence-electron chi connectivity index (χ3n) is 2.53. The van der Waals surface area contributed by atoms with Crippen LogP contribution in [0.4, 0.5) is 0 Å². The number of carbonyl (C=O) groups is 1. The normalized spacial score (nSPS) is 21.6. The van der Waals surface area contributed by atoms with Crippen LogP contribution in [0.5, 0.6) is 5.75 Å². The zero-order valence-corrected chi connectivity index (χ0v) is 9.05. The van der Waals surface area contributed by atoms with Gasteiger partial charge in [-0.05, 0) is 24.6 Å². The van der Waals surface area contributed by atoms with E-state index in [1.807, 2.05) is 0 Å². The van der Waals surface area contributed by atoms with Gasteiger partial charge in [0.1, 0.15) is 5.75 Å². The van der Waals surface area contributed by atoms with Gasteiger partial charge in [0.25, 0.3) is 0 Å². The van der Waals surface area contributed by atoms with E-state index in [0.717, 1.165) is 5.56 Å². The van der Waals surface area contributed by atoms with Crippen LogP contribution < -0.4 is 4.74 Å². The summed E-state index contributed by atoms with van der Waals surface area (Å²) in [5, 5.41) is 9.33. The largest absolute Gasteiger partial charge is 0.479 e. The van der Waals surface area contributed by atoms with Crippen LogP contribution in [-0.2, 0) is 9.53 Å². The van der Waals surface area contributed by atoms with Gasteiger partial charge >= 0.3 is 5.97 Å². The van der Waals surface area contributed by atoms with E-state index < -0.39 is 12.2 Å². The Morgan fingerprint density at radius 1 is 1.44 bits per heavy atom. The van der Waals surface area contributed by atoms with Crippen LogP contribution in [0.1, 0.15) is 25.0 Å². The van der Waals surface area contributed by atoms with E-state index in [-0.39, 0.29) is 5.97 Å². The number of cyclic esters (lactones) is 1. The monoisotopic (exact) mass is 222 g/mol. The number of benzene rings is 1. The molecule has 86 valence electrons. The number of carbonyl (C=O) groups excluding carboxylic acids is 1. The summed E-state index contributed by atoms with van der Waals surface area (Å²) < 4.78 is 10.3. The van der Waals surface area contributed by atoms with Crippen LogP contribution >= 0.6 is 0 Å². The van der Waals surface area contributed by atoms with Gasteiger partial charge < -0.3 is 14.6 Å². The van der Waals surface area contributed by atoms with Crippen molar-refractivity contribution in [2.45, 2.75) is 25.6 Å². The maximum absolute atomic E-state index is 11.2. The number of esters is 1. The minimum Gasteiger partial charge on any atom is -0.479 e. The van der Waals surface area contributed by atoms with Crippen molar-refractivity contribution in [2.24, 2.45) is 0 Å². The average molecular weight is 222 g/mol. The van der Waals surface area contributed by atoms with Gasteiger partial charge in [0.05, 0.1) is 12.7 Å². The fourth-order valence-corrected chi connectivity index (χ4v) is 1.57. The molecule has 4 nitrogen and oxygen atoms in total. The van der Waals surface area contributed by atoms with Crippen molar-refractivity contribution in [1.29, 1.82) is 0 Å². The molecule has 1 heterocycles. The second-order valence-corrected chi connectivity index (χ2v) is 3.81. The molecule has 1 aliphatic rings. The highest BCUT2D eigenvalue weighted by atomic mass is 16.6. The Bertz CT molecular complexity index is 369. The minimum absolute atomic E-state index is 0.306. The number of rotatable bonds is 3. The van der Waals surface area contributed by atoms with E-state index >= 15 is 0 Å². The smallest absolute Gasteiger partial charge is 0.347 e. The SMILES string of the molecule is C[C@@H](O)c1ccc(OC2CCOC2=O)cc1. The lowest BCUT2D eigenvalue weighted by Crippen LogP contribution is -2.21. The molecule has 0 radical (unpaired) electrons. The van der Waals surface area contributed by atoms with Crippen molar-refractivity contribution in [1.82, 2.24) is 0 Å². The Hall–Kier alpha value is -1.55. The van der Waals surface area contributed by atoms with E-state index in [1.165, 1.54) is 0 Å². The third kappa shape index (κ3) is 2.33. The van der Waals surface area contributed by atoms with Crippen molar-refractivity contribution >= 4 is 5.97 Å². The molecule has 1 N–H and O–H groups in total. The number of ether oxygens (including phenoxy) is 2. The second kappa shape index (κ2) is 4.53. The molecule has 1 aromatic rings. The summed E-state index contributed by atoms with van der Waals surface area (Å²) in [6.45, 7) is 2.12. The standard InChI is InChI=1S/C12H14O4/c1-8(13)9-2-4-10(5-3-9)16-11-6-7-15-12(11)14/h2-5,8,11,13H,6-7H2,1H3/t8-,11?/m1/s1. The van der Waals surface area contributed by atoms with Gasteiger partial charge in [-0.15, -0.1) is 0 Å². The molecule has 16 heavy (non-hydrogen) atoms. The maximum Gasteiger partial charge on any atom is 0.347 e. The molecule has 1 aliphatic heterocycles. The Morgan fingerprint density at radius 2 is 2.12 bits per heavy atom. The molecule has 0 spiro atoms. The molecule has 2 atom stereocenters. The lowest BCUT2D eigenvalue weighted by atomic mass is 10.1. The van der Waals surface area contributed by atoms with Crippen LogP contribution in [-0.4, -0.2) is 23.8 Å². The lowest BCUT2D eigenvalue weighted by molar-refractivity contribution is -0.143. The van der Waals surface area contributed by atoms with Gasteiger partial charge in [0, 0.05) is 6.42 Å². The molecular formula is C12H14O4. The van der Waals surface area contributed by atoms with Crippen LogP contribution in [0.3, 0.4) is 0 Å². The number of hydrogen-bond donors (Lipinski definition) is 1. The predicted molar refractivity (Wildman–Crippen MR) is 57.1 cm³/mol. The zero-order valence-electron chi connectivity index (χ0n) is 9.05. The molecular weight excluding hydrogens is 208 g/mol. The summed E-state index contributed by atoms with van der Waals surface area (Å²) in [6.07, 6.45) is -0.389. The Morgan fingerprint density at radius 3 is 2.62 bits per heavy atom. The summed E-state index contributed by atoms with van der Waals surface area (Å²) in [5.74, 6) is 0.313. The van der Waals surface area contributed by atoms with Crippen LogP contribution in [0.2, 0.25) is 0 Å². The molecule has 0 bridgehead atoms. The summed E-state index contributed by atoms with van der Waals surface area (Å²) >= 11 is 0. The Balaban J connectivity index is 2.02. The average Bonchev–Trinajstić information content (AvgIpc) is 2.65. The Kier molecular flexibility index (Phi) is 3.10. The zero-order chi connectivity index (χ0) is 11.5. The summed E-state index contributed by atoms with van der Waals surface area (Å²) in [5.41, 5.74) is 0.821. The van der Waals surface area contributed by atoms with Gasteiger partial charge in [0.2, 0.25) is 0 Å². The van der Waals surface area contributed by atoms with Crippen molar-refractivity contribution in [3.8, 4) is 5.75 Å². The molecule has 0 saturated carbocycles. The van der Waals surface area contributed by atoms with Crippen LogP contribution in [0.25, 0.3) is 0 Å². The third-order valence-corrected chi connectivity index (χ3v) is 2.53. The van der Waals surface area contributed by atoms with Crippen molar-refractivity contribution < 1.29 is 19.4 Å². The van der Waals surface area contributed by atoms with E-state index in [2.05, 4.69) is 0 Å².